The molecule has 2 rings (SSSR count). The average molecular weight is 455 g/mol. The molecule has 0 aromatic heterocycles. The molecule has 146 valence electrons. The second-order valence-electron chi connectivity index (χ2n) is 5.76. The van der Waals surface area contributed by atoms with Gasteiger partial charge in [0.05, 0.1) is 17.6 Å². The summed E-state index contributed by atoms with van der Waals surface area (Å²) in [5.41, 5.74) is 1.27. The van der Waals surface area contributed by atoms with E-state index in [1.54, 1.807) is 49.6 Å². The van der Waals surface area contributed by atoms with Gasteiger partial charge < -0.3 is 10.1 Å². The summed E-state index contributed by atoms with van der Waals surface area (Å²) in [7, 11) is -1.94. The molecule has 0 aliphatic carbocycles. The van der Waals surface area contributed by atoms with E-state index in [9.17, 15) is 13.2 Å². The molecule has 2 aromatic rings. The molecule has 2 aromatic carbocycles. The number of hydrogen-bond acceptors (Lipinski definition) is 4. The van der Waals surface area contributed by atoms with Crippen molar-refractivity contribution in [2.45, 2.75) is 25.3 Å². The van der Waals surface area contributed by atoms with Crippen LogP contribution in [0.15, 0.2) is 51.8 Å². The first-order chi connectivity index (χ1) is 12.8. The topological polar surface area (TPSA) is 75.7 Å². The number of ether oxygens (including phenoxy) is 1. The van der Waals surface area contributed by atoms with Crippen LogP contribution in [0.4, 0.5) is 0 Å². The van der Waals surface area contributed by atoms with E-state index in [0.717, 1.165) is 5.56 Å². The van der Waals surface area contributed by atoms with Crippen molar-refractivity contribution in [1.82, 2.24) is 9.62 Å². The molecule has 0 unspecified atom stereocenters. The number of halogens is 1. The zero-order chi connectivity index (χ0) is 20.0. The molecule has 0 aliphatic heterocycles. The lowest BCUT2D eigenvalue weighted by Gasteiger charge is -2.18. The van der Waals surface area contributed by atoms with Gasteiger partial charge in [-0.25, -0.2) is 8.42 Å². The first-order valence-corrected chi connectivity index (χ1v) is 10.8. The van der Waals surface area contributed by atoms with Crippen LogP contribution < -0.4 is 10.1 Å². The molecule has 0 heterocycles. The van der Waals surface area contributed by atoms with E-state index in [1.165, 1.54) is 4.31 Å². The molecule has 6 nitrogen and oxygen atoms in total. The van der Waals surface area contributed by atoms with E-state index in [1.807, 2.05) is 13.8 Å². The maximum absolute atomic E-state index is 12.5. The molecular formula is C19H23BrN2O4S. The molecule has 0 fully saturated rings. The second kappa shape index (κ2) is 9.34. The van der Waals surface area contributed by atoms with Gasteiger partial charge in [0.2, 0.25) is 10.0 Å². The first kappa shape index (κ1) is 21.4. The Kier molecular flexibility index (Phi) is 7.41. The zero-order valence-corrected chi connectivity index (χ0v) is 17.9. The highest BCUT2D eigenvalue weighted by Gasteiger charge is 2.21. The number of carbonyl (C=O) groups excluding carboxylic acids is 1. The molecule has 0 radical (unpaired) electrons. The highest BCUT2D eigenvalue weighted by molar-refractivity contribution is 9.10. The first-order valence-electron chi connectivity index (χ1n) is 8.54. The molecule has 1 amide bonds. The molecule has 27 heavy (non-hydrogen) atoms. The molecule has 0 saturated carbocycles. The maximum atomic E-state index is 12.5. The lowest BCUT2D eigenvalue weighted by atomic mass is 10.2. The number of methoxy groups -OCH3 is 1. The van der Waals surface area contributed by atoms with Crippen LogP contribution in [0.1, 0.15) is 29.8 Å². The molecule has 1 N–H and O–H groups in total. The second-order valence-corrected chi connectivity index (χ2v) is 8.55. The van der Waals surface area contributed by atoms with Gasteiger partial charge in [0.15, 0.2) is 0 Å². The Bertz CT molecular complexity index is 894. The van der Waals surface area contributed by atoms with E-state index < -0.39 is 10.0 Å². The molecule has 0 atom stereocenters. The number of hydrogen-bond donors (Lipinski definition) is 1. The maximum Gasteiger partial charge on any atom is 0.252 e. The third-order valence-corrected chi connectivity index (χ3v) is 6.89. The fourth-order valence-corrected chi connectivity index (χ4v) is 4.46. The Morgan fingerprint density at radius 3 is 2.30 bits per heavy atom. The third-order valence-electron chi connectivity index (χ3n) is 4.14. The Morgan fingerprint density at radius 1 is 1.11 bits per heavy atom. The van der Waals surface area contributed by atoms with Crippen LogP contribution in [-0.2, 0) is 16.6 Å². The van der Waals surface area contributed by atoms with Crippen molar-refractivity contribution in [2.24, 2.45) is 0 Å². The summed E-state index contributed by atoms with van der Waals surface area (Å²) in [4.78, 5) is 12.6. The van der Waals surface area contributed by atoms with Gasteiger partial charge in [0.1, 0.15) is 5.75 Å². The van der Waals surface area contributed by atoms with Crippen molar-refractivity contribution in [2.75, 3.05) is 20.2 Å². The lowest BCUT2D eigenvalue weighted by molar-refractivity contribution is 0.0949. The average Bonchev–Trinajstić information content (AvgIpc) is 2.67. The highest BCUT2D eigenvalue weighted by Crippen LogP contribution is 2.22. The molecule has 0 spiro atoms. The fourth-order valence-electron chi connectivity index (χ4n) is 2.57. The SMILES string of the molecule is CCN(CC)S(=O)(=O)c1ccc(CNC(=O)c2cc(OC)ccc2Br)cc1. The Balaban J connectivity index is 2.08. The predicted octanol–water partition coefficient (Wildman–Crippen LogP) is 3.42. The Morgan fingerprint density at radius 2 is 1.74 bits per heavy atom. The number of amides is 1. The van der Waals surface area contributed by atoms with E-state index in [2.05, 4.69) is 21.2 Å². The minimum absolute atomic E-state index is 0.247. The summed E-state index contributed by atoms with van der Waals surface area (Å²) in [5.74, 6) is 0.343. The van der Waals surface area contributed by atoms with Crippen molar-refractivity contribution in [3.8, 4) is 5.75 Å². The van der Waals surface area contributed by atoms with Crippen LogP contribution in [0.5, 0.6) is 5.75 Å². The van der Waals surface area contributed by atoms with Crippen LogP contribution in [-0.4, -0.2) is 38.8 Å². The van der Waals surface area contributed by atoms with Crippen LogP contribution in [0.2, 0.25) is 0 Å². The highest BCUT2D eigenvalue weighted by atomic mass is 79.9. The Labute approximate surface area is 168 Å². The normalized spacial score (nSPS) is 11.4. The summed E-state index contributed by atoms with van der Waals surface area (Å²) in [6.45, 7) is 4.75. The molecule has 0 aliphatic rings. The summed E-state index contributed by atoms with van der Waals surface area (Å²) in [5, 5.41) is 2.83. The van der Waals surface area contributed by atoms with E-state index in [-0.39, 0.29) is 17.3 Å². The molecular weight excluding hydrogens is 432 g/mol. The van der Waals surface area contributed by atoms with Crippen molar-refractivity contribution in [3.05, 3.63) is 58.1 Å². The number of nitrogens with zero attached hydrogens (tertiary/aromatic N) is 1. The number of carbonyl (C=O) groups is 1. The van der Waals surface area contributed by atoms with Gasteiger partial charge in [0, 0.05) is 24.1 Å². The summed E-state index contributed by atoms with van der Waals surface area (Å²) in [6, 6.07) is 11.7. The minimum Gasteiger partial charge on any atom is -0.497 e. The van der Waals surface area contributed by atoms with Gasteiger partial charge in [-0.3, -0.25) is 4.79 Å². The van der Waals surface area contributed by atoms with Crippen molar-refractivity contribution >= 4 is 31.9 Å². The van der Waals surface area contributed by atoms with E-state index in [4.69, 9.17) is 4.74 Å². The van der Waals surface area contributed by atoms with Crippen LogP contribution >= 0.6 is 15.9 Å². The van der Waals surface area contributed by atoms with Gasteiger partial charge in [-0.05, 0) is 51.8 Å². The Hall–Kier alpha value is -1.90. The largest absolute Gasteiger partial charge is 0.497 e. The monoisotopic (exact) mass is 454 g/mol. The van der Waals surface area contributed by atoms with E-state index >= 15 is 0 Å². The van der Waals surface area contributed by atoms with Gasteiger partial charge in [0.25, 0.3) is 5.91 Å². The number of nitrogens with one attached hydrogen (secondary N) is 1. The van der Waals surface area contributed by atoms with Crippen LogP contribution in [0, 0.1) is 0 Å². The molecule has 0 saturated heterocycles. The molecule has 8 heteroatoms. The third kappa shape index (κ3) is 5.09. The van der Waals surface area contributed by atoms with Crippen molar-refractivity contribution < 1.29 is 17.9 Å². The smallest absolute Gasteiger partial charge is 0.252 e. The zero-order valence-electron chi connectivity index (χ0n) is 15.5. The number of sulfonamides is 1. The van der Waals surface area contributed by atoms with Gasteiger partial charge in [-0.1, -0.05) is 26.0 Å². The predicted molar refractivity (Wildman–Crippen MR) is 108 cm³/mol. The summed E-state index contributed by atoms with van der Waals surface area (Å²) >= 11 is 3.36. The molecule has 0 bridgehead atoms. The lowest BCUT2D eigenvalue weighted by Crippen LogP contribution is -2.30. The van der Waals surface area contributed by atoms with E-state index in [0.29, 0.717) is 28.9 Å². The summed E-state index contributed by atoms with van der Waals surface area (Å²) < 4.78 is 32.2. The van der Waals surface area contributed by atoms with Crippen LogP contribution in [0.3, 0.4) is 0 Å². The number of rotatable bonds is 8. The van der Waals surface area contributed by atoms with Crippen LogP contribution in [0.25, 0.3) is 0 Å². The van der Waals surface area contributed by atoms with Gasteiger partial charge in [-0.2, -0.15) is 4.31 Å². The van der Waals surface area contributed by atoms with Gasteiger partial charge >= 0.3 is 0 Å². The fraction of sp³-hybridized carbons (Fsp3) is 0.316. The minimum atomic E-state index is -3.48. The van der Waals surface area contributed by atoms with Gasteiger partial charge in [-0.15, -0.1) is 0 Å². The van der Waals surface area contributed by atoms with Crippen molar-refractivity contribution in [1.29, 1.82) is 0 Å². The summed E-state index contributed by atoms with van der Waals surface area (Å²) in [6.07, 6.45) is 0. The number of benzene rings is 2. The standard InChI is InChI=1S/C19H23BrN2O4S/c1-4-22(5-2)27(24,25)16-9-6-14(7-10-16)13-21-19(23)17-12-15(26-3)8-11-18(17)20/h6-12H,4-5,13H2,1-3H3,(H,21,23). The van der Waals surface area contributed by atoms with Crippen molar-refractivity contribution in [3.63, 3.8) is 0 Å². The quantitative estimate of drug-likeness (QED) is 0.662.